The highest BCUT2D eigenvalue weighted by Gasteiger charge is 2.03. The van der Waals surface area contributed by atoms with E-state index in [1.807, 2.05) is 30.3 Å². The second-order valence-corrected chi connectivity index (χ2v) is 4.58. The smallest absolute Gasteiger partial charge is 0.244 e. The van der Waals surface area contributed by atoms with E-state index in [4.69, 9.17) is 11.6 Å². The van der Waals surface area contributed by atoms with Crippen LogP contribution in [0.15, 0.2) is 54.6 Å². The Morgan fingerprint density at radius 3 is 2.60 bits per heavy atom. The summed E-state index contributed by atoms with van der Waals surface area (Å²) in [4.78, 5) is 11.6. The van der Waals surface area contributed by atoms with E-state index in [0.717, 1.165) is 5.56 Å². The fourth-order valence-corrected chi connectivity index (χ4v) is 1.90. The predicted molar refractivity (Wildman–Crippen MR) is 78.7 cm³/mol. The minimum atomic E-state index is -0.454. The number of halogens is 2. The van der Waals surface area contributed by atoms with Crippen LogP contribution in [0.2, 0.25) is 5.02 Å². The highest BCUT2D eigenvalue weighted by molar-refractivity contribution is 6.32. The van der Waals surface area contributed by atoms with Gasteiger partial charge in [-0.05, 0) is 23.8 Å². The van der Waals surface area contributed by atoms with Gasteiger partial charge in [0, 0.05) is 18.2 Å². The van der Waals surface area contributed by atoms with Crippen LogP contribution in [0.25, 0.3) is 6.08 Å². The molecule has 20 heavy (non-hydrogen) atoms. The first kappa shape index (κ1) is 14.3. The van der Waals surface area contributed by atoms with E-state index in [1.54, 1.807) is 6.07 Å². The molecule has 2 aromatic carbocycles. The Kier molecular flexibility index (Phi) is 4.91. The summed E-state index contributed by atoms with van der Waals surface area (Å²) in [6.07, 6.45) is 2.64. The summed E-state index contributed by atoms with van der Waals surface area (Å²) >= 11 is 5.86. The topological polar surface area (TPSA) is 29.1 Å². The van der Waals surface area contributed by atoms with Crippen LogP contribution < -0.4 is 5.32 Å². The number of hydrogen-bond acceptors (Lipinski definition) is 1. The molecule has 0 saturated heterocycles. The molecule has 0 aliphatic carbocycles. The van der Waals surface area contributed by atoms with Crippen molar-refractivity contribution in [2.45, 2.75) is 6.54 Å². The van der Waals surface area contributed by atoms with Crippen molar-refractivity contribution < 1.29 is 9.18 Å². The van der Waals surface area contributed by atoms with Crippen molar-refractivity contribution in [2.24, 2.45) is 0 Å². The third-order valence-electron chi connectivity index (χ3n) is 2.71. The van der Waals surface area contributed by atoms with Crippen molar-refractivity contribution in [1.29, 1.82) is 0 Å². The molecule has 2 aromatic rings. The first-order chi connectivity index (χ1) is 9.66. The predicted octanol–water partition coefficient (Wildman–Crippen LogP) is 3.81. The molecule has 0 bridgehead atoms. The second kappa shape index (κ2) is 6.87. The molecule has 0 spiro atoms. The van der Waals surface area contributed by atoms with E-state index >= 15 is 0 Å². The van der Waals surface area contributed by atoms with Gasteiger partial charge < -0.3 is 5.32 Å². The van der Waals surface area contributed by atoms with Crippen molar-refractivity contribution in [3.05, 3.63) is 76.6 Å². The summed E-state index contributed by atoms with van der Waals surface area (Å²) < 4.78 is 13.5. The van der Waals surface area contributed by atoms with Gasteiger partial charge in [0.1, 0.15) is 5.82 Å². The fourth-order valence-electron chi connectivity index (χ4n) is 1.67. The summed E-state index contributed by atoms with van der Waals surface area (Å²) in [6.45, 7) is 0.426. The summed E-state index contributed by atoms with van der Waals surface area (Å²) in [7, 11) is 0. The largest absolute Gasteiger partial charge is 0.348 e. The maximum Gasteiger partial charge on any atom is 0.244 e. The van der Waals surface area contributed by atoms with E-state index in [2.05, 4.69) is 5.32 Å². The van der Waals surface area contributed by atoms with E-state index in [1.165, 1.54) is 24.3 Å². The lowest BCUT2D eigenvalue weighted by atomic mass is 10.2. The van der Waals surface area contributed by atoms with Crippen LogP contribution in [0, 0.1) is 5.82 Å². The Hall–Kier alpha value is -2.13. The van der Waals surface area contributed by atoms with Crippen molar-refractivity contribution in [3.63, 3.8) is 0 Å². The molecule has 1 amide bonds. The number of nitrogens with one attached hydrogen (secondary N) is 1. The van der Waals surface area contributed by atoms with E-state index < -0.39 is 5.82 Å². The van der Waals surface area contributed by atoms with E-state index in [9.17, 15) is 9.18 Å². The number of amides is 1. The van der Waals surface area contributed by atoms with Gasteiger partial charge in [0.05, 0.1) is 5.02 Å². The highest BCUT2D eigenvalue weighted by atomic mass is 35.5. The molecular weight excluding hydrogens is 277 g/mol. The second-order valence-electron chi connectivity index (χ2n) is 4.17. The number of carbonyl (C=O) groups is 1. The van der Waals surface area contributed by atoms with Crippen molar-refractivity contribution in [1.82, 2.24) is 5.32 Å². The molecule has 0 atom stereocenters. The van der Waals surface area contributed by atoms with Gasteiger partial charge in [-0.15, -0.1) is 0 Å². The Labute approximate surface area is 121 Å². The summed E-state index contributed by atoms with van der Waals surface area (Å²) in [5.74, 6) is -0.752. The van der Waals surface area contributed by atoms with Crippen molar-refractivity contribution in [2.75, 3.05) is 0 Å². The summed E-state index contributed by atoms with van der Waals surface area (Å²) in [5.41, 5.74) is 1.21. The average Bonchev–Trinajstić information content (AvgIpc) is 2.46. The molecule has 0 aromatic heterocycles. The van der Waals surface area contributed by atoms with Crippen LogP contribution in [0.3, 0.4) is 0 Å². The zero-order valence-corrected chi connectivity index (χ0v) is 11.4. The number of hydrogen-bond donors (Lipinski definition) is 1. The van der Waals surface area contributed by atoms with Gasteiger partial charge in [-0.25, -0.2) is 4.39 Å². The Bertz CT molecular complexity index is 605. The van der Waals surface area contributed by atoms with Crippen molar-refractivity contribution in [3.8, 4) is 0 Å². The lowest BCUT2D eigenvalue weighted by molar-refractivity contribution is -0.116. The molecule has 1 N–H and O–H groups in total. The average molecular weight is 290 g/mol. The number of carbonyl (C=O) groups excluding carboxylic acids is 1. The minimum absolute atomic E-state index is 0.212. The zero-order valence-electron chi connectivity index (χ0n) is 10.6. The normalized spacial score (nSPS) is 10.7. The molecule has 0 aliphatic heterocycles. The number of benzene rings is 2. The third-order valence-corrected chi connectivity index (χ3v) is 3.04. The van der Waals surface area contributed by atoms with Crippen LogP contribution in [0.4, 0.5) is 4.39 Å². The van der Waals surface area contributed by atoms with Crippen LogP contribution in [-0.2, 0) is 11.3 Å². The van der Waals surface area contributed by atoms with Gasteiger partial charge in [0.2, 0.25) is 5.91 Å². The zero-order chi connectivity index (χ0) is 14.4. The molecular formula is C16H13ClFNO. The molecule has 0 aliphatic rings. The van der Waals surface area contributed by atoms with Crippen LogP contribution in [0.5, 0.6) is 0 Å². The molecule has 0 radical (unpaired) electrons. The van der Waals surface area contributed by atoms with Gasteiger partial charge in [0.25, 0.3) is 0 Å². The monoisotopic (exact) mass is 289 g/mol. The molecule has 2 rings (SSSR count). The molecule has 0 saturated carbocycles. The molecule has 4 heteroatoms. The first-order valence-electron chi connectivity index (χ1n) is 6.10. The van der Waals surface area contributed by atoms with Gasteiger partial charge in [-0.3, -0.25) is 4.79 Å². The fraction of sp³-hybridized carbons (Fsp3) is 0.0625. The Morgan fingerprint density at radius 2 is 1.90 bits per heavy atom. The maximum atomic E-state index is 13.5. The SMILES string of the molecule is O=C(/C=C/c1c(F)cccc1Cl)NCc1ccccc1. The Balaban J connectivity index is 1.96. The van der Waals surface area contributed by atoms with Gasteiger partial charge >= 0.3 is 0 Å². The first-order valence-corrected chi connectivity index (χ1v) is 6.48. The maximum absolute atomic E-state index is 13.5. The van der Waals surface area contributed by atoms with Crippen LogP contribution >= 0.6 is 11.6 Å². The highest BCUT2D eigenvalue weighted by Crippen LogP contribution is 2.20. The quantitative estimate of drug-likeness (QED) is 0.852. The van der Waals surface area contributed by atoms with Gasteiger partial charge in [-0.1, -0.05) is 48.0 Å². The third kappa shape index (κ3) is 3.93. The molecule has 0 unspecified atom stereocenters. The van der Waals surface area contributed by atoms with Crippen LogP contribution in [-0.4, -0.2) is 5.91 Å². The minimum Gasteiger partial charge on any atom is -0.348 e. The molecule has 0 fully saturated rings. The lowest BCUT2D eigenvalue weighted by Crippen LogP contribution is -2.20. The summed E-state index contributed by atoms with van der Waals surface area (Å²) in [6, 6.07) is 13.9. The van der Waals surface area contributed by atoms with Crippen molar-refractivity contribution >= 4 is 23.6 Å². The van der Waals surface area contributed by atoms with E-state index in [-0.39, 0.29) is 16.5 Å². The number of rotatable bonds is 4. The van der Waals surface area contributed by atoms with Gasteiger partial charge in [-0.2, -0.15) is 0 Å². The molecule has 2 nitrogen and oxygen atoms in total. The summed E-state index contributed by atoms with van der Waals surface area (Å²) in [5, 5.41) is 2.99. The Morgan fingerprint density at radius 1 is 1.15 bits per heavy atom. The molecule has 0 heterocycles. The van der Waals surface area contributed by atoms with Gasteiger partial charge in [0.15, 0.2) is 0 Å². The van der Waals surface area contributed by atoms with E-state index in [0.29, 0.717) is 6.54 Å². The standard InChI is InChI=1S/C16H13ClFNO/c17-14-7-4-8-15(18)13(14)9-10-16(20)19-11-12-5-2-1-3-6-12/h1-10H,11H2,(H,19,20)/b10-9+. The lowest BCUT2D eigenvalue weighted by Gasteiger charge is -2.02. The molecule has 102 valence electrons. The van der Waals surface area contributed by atoms with Crippen LogP contribution in [0.1, 0.15) is 11.1 Å².